The highest BCUT2D eigenvalue weighted by Gasteiger charge is 2.30. The molecule has 0 spiro atoms. The minimum absolute atomic E-state index is 0.613. The second-order valence-electron chi connectivity index (χ2n) is 11.3. The zero-order valence-electron chi connectivity index (χ0n) is 25.6. The summed E-state index contributed by atoms with van der Waals surface area (Å²) in [6, 6.07) is 39.2. The topological polar surface area (TPSA) is 69.1 Å². The Kier molecular flexibility index (Phi) is 8.00. The monoisotopic (exact) mass is 652 g/mol. The summed E-state index contributed by atoms with van der Waals surface area (Å²) in [4.78, 5) is 0. The van der Waals surface area contributed by atoms with E-state index in [1.54, 1.807) is 22.7 Å². The van der Waals surface area contributed by atoms with Crippen molar-refractivity contribution in [1.29, 1.82) is 0 Å². The predicted octanol–water partition coefficient (Wildman–Crippen LogP) is 10.8. The zero-order valence-corrected chi connectivity index (χ0v) is 28.1. The summed E-state index contributed by atoms with van der Waals surface area (Å²) >= 11 is 3.43. The van der Waals surface area contributed by atoms with E-state index in [1.165, 1.54) is 47.6 Å². The highest BCUT2D eigenvalue weighted by atomic mass is 32.1. The molecule has 0 radical (unpaired) electrons. The average Bonchev–Trinajstić information content (AvgIpc) is 3.62. The Morgan fingerprint density at radius 2 is 1.24 bits per heavy atom. The van der Waals surface area contributed by atoms with Crippen molar-refractivity contribution in [3.05, 3.63) is 150 Å². The number of fused-ring (bicyclic) bond motifs is 4. The van der Waals surface area contributed by atoms with Gasteiger partial charge in [-0.3, -0.25) is 0 Å². The van der Waals surface area contributed by atoms with E-state index in [2.05, 4.69) is 67.6 Å². The molecule has 7 aromatic rings. The Morgan fingerprint density at radius 3 is 1.83 bits per heavy atom. The van der Waals surface area contributed by atoms with Gasteiger partial charge >= 0.3 is 0 Å². The lowest BCUT2D eigenvalue weighted by Crippen LogP contribution is -2.17. The van der Waals surface area contributed by atoms with Gasteiger partial charge in [0.2, 0.25) is 0 Å². The van der Waals surface area contributed by atoms with Crippen LogP contribution in [0.4, 0.5) is 5.00 Å². The molecule has 3 nitrogen and oxygen atoms in total. The van der Waals surface area contributed by atoms with Crippen molar-refractivity contribution in [2.24, 2.45) is 5.73 Å². The van der Waals surface area contributed by atoms with E-state index in [9.17, 15) is 4.57 Å². The summed E-state index contributed by atoms with van der Waals surface area (Å²) in [5.41, 5.74) is 18.1. The molecule has 0 fully saturated rings. The van der Waals surface area contributed by atoms with Crippen LogP contribution >= 0.6 is 29.8 Å². The first-order valence-electron chi connectivity index (χ1n) is 15.1. The van der Waals surface area contributed by atoms with Crippen LogP contribution in [-0.4, -0.2) is 0 Å². The molecule has 7 rings (SSSR count). The molecule has 0 aliphatic heterocycles. The molecule has 46 heavy (non-hydrogen) atoms. The lowest BCUT2D eigenvalue weighted by atomic mass is 9.99. The van der Waals surface area contributed by atoms with Gasteiger partial charge in [0.15, 0.2) is 7.14 Å². The third kappa shape index (κ3) is 5.21. The number of anilines is 1. The molecule has 0 unspecified atom stereocenters. The highest BCUT2D eigenvalue weighted by molar-refractivity contribution is 7.82. The molecular weight excluding hydrogens is 620 g/mol. The molecule has 0 saturated carbocycles. The van der Waals surface area contributed by atoms with E-state index in [1.807, 2.05) is 79.7 Å². The summed E-state index contributed by atoms with van der Waals surface area (Å²) in [5, 5.41) is 6.58. The number of benzene rings is 5. The van der Waals surface area contributed by atoms with Crippen LogP contribution in [0.1, 0.15) is 25.0 Å². The van der Waals surface area contributed by atoms with Crippen LogP contribution in [0.5, 0.6) is 0 Å². The first kappa shape index (κ1) is 30.0. The van der Waals surface area contributed by atoms with Gasteiger partial charge in [0.25, 0.3) is 0 Å². The van der Waals surface area contributed by atoms with Crippen molar-refractivity contribution in [3.8, 4) is 11.1 Å². The van der Waals surface area contributed by atoms with E-state index in [4.69, 9.17) is 11.5 Å². The van der Waals surface area contributed by atoms with Gasteiger partial charge in [0.05, 0.1) is 5.00 Å². The van der Waals surface area contributed by atoms with Crippen LogP contribution in [0, 0.1) is 0 Å². The van der Waals surface area contributed by atoms with Crippen LogP contribution in [-0.2, 0) is 4.57 Å². The van der Waals surface area contributed by atoms with Crippen LogP contribution in [0.3, 0.4) is 0 Å². The van der Waals surface area contributed by atoms with Gasteiger partial charge in [0.1, 0.15) is 0 Å². The number of nitrogen functional groups attached to an aromatic ring is 1. The number of hydrogen-bond acceptors (Lipinski definition) is 5. The minimum Gasteiger partial charge on any atom is -0.404 e. The molecule has 0 aliphatic carbocycles. The number of hydrogen-bond donors (Lipinski definition) is 2. The molecule has 5 aromatic carbocycles. The van der Waals surface area contributed by atoms with Crippen molar-refractivity contribution in [2.75, 3.05) is 5.73 Å². The summed E-state index contributed by atoms with van der Waals surface area (Å²) in [6.07, 6.45) is 7.63. The second kappa shape index (κ2) is 12.3. The lowest BCUT2D eigenvalue weighted by Gasteiger charge is -2.21. The van der Waals surface area contributed by atoms with Crippen LogP contribution in [0.2, 0.25) is 0 Å². The van der Waals surface area contributed by atoms with E-state index in [-0.39, 0.29) is 0 Å². The maximum absolute atomic E-state index is 15.0. The fourth-order valence-electron chi connectivity index (χ4n) is 6.13. The van der Waals surface area contributed by atoms with Gasteiger partial charge in [-0.25, -0.2) is 0 Å². The highest BCUT2D eigenvalue weighted by Crippen LogP contribution is 2.52. The minimum atomic E-state index is -3.20. The summed E-state index contributed by atoms with van der Waals surface area (Å²) in [5.74, 6) is 0. The van der Waals surface area contributed by atoms with Crippen LogP contribution < -0.4 is 22.1 Å². The third-order valence-electron chi connectivity index (χ3n) is 8.48. The first-order chi connectivity index (χ1) is 22.4. The van der Waals surface area contributed by atoms with Crippen molar-refractivity contribution in [1.82, 2.24) is 0 Å². The molecule has 0 saturated heterocycles. The molecular formula is C40H33N2OPS2. The normalized spacial score (nSPS) is 13.0. The number of thiophene rings is 2. The third-order valence-corrected chi connectivity index (χ3v) is 13.7. The Morgan fingerprint density at radius 1 is 0.696 bits per heavy atom. The molecule has 0 amide bonds. The standard InChI is InChI=1S/C40H33N2OPS2/c1-3-10-33-34-23-28(17-20-39(34)46-40(33)42)29-16-19-38-36(24-29)35-22-27(15-18-37(35)45-38)26(2)21-32(25-41)44(43,30-11-6-4-7-12-30)31-13-8-5-9-14-31/h3-25H,41-42H2,1-2H3/b10-3-,26-21+,32-25+. The predicted molar refractivity (Wildman–Crippen MR) is 205 cm³/mol. The zero-order chi connectivity index (χ0) is 31.8. The fourth-order valence-corrected chi connectivity index (χ4v) is 10.8. The van der Waals surface area contributed by atoms with Gasteiger partial charge in [0, 0.05) is 57.9 Å². The Hall–Kier alpha value is -4.67. The largest absolute Gasteiger partial charge is 0.404 e. The van der Waals surface area contributed by atoms with Gasteiger partial charge in [-0.1, -0.05) is 91.0 Å². The van der Waals surface area contributed by atoms with E-state index in [0.717, 1.165) is 32.3 Å². The molecule has 6 heteroatoms. The lowest BCUT2D eigenvalue weighted by molar-refractivity contribution is 0.591. The van der Waals surface area contributed by atoms with E-state index >= 15 is 0 Å². The van der Waals surface area contributed by atoms with E-state index < -0.39 is 7.14 Å². The van der Waals surface area contributed by atoms with Gasteiger partial charge in [-0.15, -0.1) is 22.7 Å². The molecule has 0 bridgehead atoms. The number of nitrogens with two attached hydrogens (primary N) is 2. The molecule has 2 aromatic heterocycles. The van der Waals surface area contributed by atoms with E-state index in [0.29, 0.717) is 5.31 Å². The Bertz CT molecular complexity index is 2340. The smallest absolute Gasteiger partial charge is 0.172 e. The number of allylic oxidation sites excluding steroid dienone is 4. The molecule has 4 N–H and O–H groups in total. The summed E-state index contributed by atoms with van der Waals surface area (Å²) in [6.45, 7) is 4.08. The first-order valence-corrected chi connectivity index (χ1v) is 18.5. The molecule has 226 valence electrons. The van der Waals surface area contributed by atoms with Crippen LogP contribution in [0.25, 0.3) is 53.0 Å². The number of rotatable bonds is 7. The molecule has 0 atom stereocenters. The maximum Gasteiger partial charge on any atom is 0.172 e. The molecule has 0 aliphatic rings. The maximum atomic E-state index is 15.0. The SMILES string of the molecule is C/C=C\c1c(N)sc2ccc(-c3ccc4sc5ccc(/C(C)=C/C(=C\N)P(=O)(c6ccccc6)c6ccccc6)cc5c4c3)cc12. The van der Waals surface area contributed by atoms with Crippen molar-refractivity contribution in [3.63, 3.8) is 0 Å². The Balaban J connectivity index is 1.31. The van der Waals surface area contributed by atoms with Crippen molar-refractivity contribution in [2.45, 2.75) is 13.8 Å². The second-order valence-corrected chi connectivity index (χ2v) is 16.2. The summed E-state index contributed by atoms with van der Waals surface area (Å²) < 4.78 is 18.6. The Labute approximate surface area is 277 Å². The van der Waals surface area contributed by atoms with Gasteiger partial charge in [-0.05, 0) is 78.6 Å². The van der Waals surface area contributed by atoms with Crippen molar-refractivity contribution >= 4 is 87.3 Å². The van der Waals surface area contributed by atoms with Crippen molar-refractivity contribution < 1.29 is 4.57 Å². The average molecular weight is 653 g/mol. The van der Waals surface area contributed by atoms with Gasteiger partial charge in [-0.2, -0.15) is 0 Å². The van der Waals surface area contributed by atoms with Crippen LogP contribution in [0.15, 0.2) is 139 Å². The van der Waals surface area contributed by atoms with Gasteiger partial charge < -0.3 is 16.0 Å². The fraction of sp³-hybridized carbons (Fsp3) is 0.0500. The molecule has 2 heterocycles. The quantitative estimate of drug-likeness (QED) is 0.133. The summed E-state index contributed by atoms with van der Waals surface area (Å²) in [7, 11) is -3.20.